The zero-order valence-electron chi connectivity index (χ0n) is 14.5. The van der Waals surface area contributed by atoms with Gasteiger partial charge in [-0.15, -0.1) is 0 Å². The van der Waals surface area contributed by atoms with Crippen LogP contribution in [0.2, 0.25) is 0 Å². The molecule has 2 N–H and O–H groups in total. The molecule has 0 spiro atoms. The molecule has 0 atom stereocenters. The van der Waals surface area contributed by atoms with Gasteiger partial charge in [-0.1, -0.05) is 0 Å². The third kappa shape index (κ3) is 2.85. The van der Waals surface area contributed by atoms with Crippen LogP contribution < -0.4 is 5.14 Å². The summed E-state index contributed by atoms with van der Waals surface area (Å²) in [5.41, 5.74) is 5.23. The molecule has 0 aliphatic rings. The summed E-state index contributed by atoms with van der Waals surface area (Å²) in [5, 5.41) is 7.28. The maximum absolute atomic E-state index is 11.4. The van der Waals surface area contributed by atoms with E-state index in [-0.39, 0.29) is 4.90 Å². The Kier molecular flexibility index (Phi) is 3.78. The molecule has 0 bridgehead atoms. The Morgan fingerprint density at radius 2 is 1.81 bits per heavy atom. The van der Waals surface area contributed by atoms with Crippen LogP contribution in [-0.2, 0) is 16.6 Å². The second-order valence-electron chi connectivity index (χ2n) is 6.49. The molecular weight excluding hydrogens is 348 g/mol. The van der Waals surface area contributed by atoms with Gasteiger partial charge >= 0.3 is 0 Å². The van der Waals surface area contributed by atoms with Crippen molar-refractivity contribution in [2.45, 2.75) is 25.3 Å². The number of fused-ring (bicyclic) bond motifs is 3. The molecule has 0 unspecified atom stereocenters. The van der Waals surface area contributed by atoms with Crippen LogP contribution in [0.25, 0.3) is 21.8 Å². The lowest BCUT2D eigenvalue weighted by molar-refractivity contribution is 0.597. The average molecular weight is 366 g/mol. The first-order valence-corrected chi connectivity index (χ1v) is 9.70. The lowest BCUT2D eigenvalue weighted by Gasteiger charge is -2.10. The molecule has 0 radical (unpaired) electrons. The molecule has 4 aromatic rings. The van der Waals surface area contributed by atoms with E-state index < -0.39 is 10.0 Å². The first-order valence-electron chi connectivity index (χ1n) is 8.15. The van der Waals surface area contributed by atoms with Gasteiger partial charge in [-0.2, -0.15) is 0 Å². The van der Waals surface area contributed by atoms with Gasteiger partial charge in [0, 0.05) is 29.4 Å². The zero-order valence-corrected chi connectivity index (χ0v) is 15.3. The summed E-state index contributed by atoms with van der Waals surface area (Å²) in [5.74, 6) is 0. The van der Waals surface area contributed by atoms with E-state index >= 15 is 0 Å². The predicted octanol–water partition coefficient (Wildman–Crippen LogP) is 2.90. The van der Waals surface area contributed by atoms with Gasteiger partial charge in [0.05, 0.1) is 23.3 Å². The number of benzene rings is 1. The summed E-state index contributed by atoms with van der Waals surface area (Å²) in [7, 11) is -3.73. The maximum Gasteiger partial charge on any atom is 0.239 e. The molecule has 3 heterocycles. The first kappa shape index (κ1) is 16.7. The zero-order chi connectivity index (χ0) is 18.5. The Morgan fingerprint density at radius 1 is 1.04 bits per heavy atom. The lowest BCUT2D eigenvalue weighted by atomic mass is 10.0. The Bertz CT molecular complexity index is 1240. The second-order valence-corrected chi connectivity index (χ2v) is 8.05. The fraction of sp³-hybridized carbons (Fsp3) is 0.158. The van der Waals surface area contributed by atoms with Crippen LogP contribution in [0.3, 0.4) is 0 Å². The quantitative estimate of drug-likeness (QED) is 0.603. The van der Waals surface area contributed by atoms with Crippen molar-refractivity contribution >= 4 is 31.8 Å². The molecule has 4 rings (SSSR count). The summed E-state index contributed by atoms with van der Waals surface area (Å²) in [4.78, 5) is 8.82. The summed E-state index contributed by atoms with van der Waals surface area (Å²) in [6.07, 6.45) is 5.17. The number of nitrogens with two attached hydrogens (primary N) is 1. The number of hydrogen-bond acceptors (Lipinski definition) is 4. The number of aryl methyl sites for hydroxylation is 2. The minimum atomic E-state index is -3.73. The molecular formula is C19H18N4O2S. The average Bonchev–Trinajstić information content (AvgIpc) is 2.99. The summed E-state index contributed by atoms with van der Waals surface area (Å²) in [6.45, 7) is 4.70. The van der Waals surface area contributed by atoms with Gasteiger partial charge in [0.15, 0.2) is 0 Å². The Hall–Kier alpha value is -2.77. The molecule has 0 saturated heterocycles. The summed E-state index contributed by atoms with van der Waals surface area (Å²) in [6, 6.07) is 9.45. The lowest BCUT2D eigenvalue weighted by Crippen LogP contribution is -2.12. The van der Waals surface area contributed by atoms with E-state index in [1.165, 1.54) is 23.4 Å². The molecule has 26 heavy (non-hydrogen) atoms. The highest BCUT2D eigenvalue weighted by molar-refractivity contribution is 7.89. The fourth-order valence-electron chi connectivity index (χ4n) is 3.12. The van der Waals surface area contributed by atoms with Crippen molar-refractivity contribution in [3.63, 3.8) is 0 Å². The molecule has 3 aromatic heterocycles. The normalized spacial score (nSPS) is 12.1. The number of pyridine rings is 2. The predicted molar refractivity (Wildman–Crippen MR) is 101 cm³/mol. The van der Waals surface area contributed by atoms with Crippen LogP contribution in [-0.4, -0.2) is 23.0 Å². The van der Waals surface area contributed by atoms with E-state index in [1.807, 2.05) is 18.5 Å². The number of hydrogen-bond donors (Lipinski definition) is 1. The van der Waals surface area contributed by atoms with Crippen LogP contribution in [0, 0.1) is 13.8 Å². The third-order valence-electron chi connectivity index (χ3n) is 4.66. The molecule has 6 nitrogen and oxygen atoms in total. The smallest absolute Gasteiger partial charge is 0.239 e. The monoisotopic (exact) mass is 366 g/mol. The first-order chi connectivity index (χ1) is 12.3. The van der Waals surface area contributed by atoms with Crippen LogP contribution in [0.15, 0.2) is 53.8 Å². The van der Waals surface area contributed by atoms with Crippen molar-refractivity contribution in [1.29, 1.82) is 0 Å². The molecule has 1 aromatic carbocycles. The molecule has 0 fully saturated rings. The van der Waals surface area contributed by atoms with Gasteiger partial charge in [0.2, 0.25) is 10.0 Å². The van der Waals surface area contributed by atoms with Crippen LogP contribution in [0.5, 0.6) is 0 Å². The van der Waals surface area contributed by atoms with E-state index in [9.17, 15) is 8.42 Å². The second kappa shape index (κ2) is 5.89. The van der Waals surface area contributed by atoms with Gasteiger partial charge in [0.1, 0.15) is 4.90 Å². The molecule has 7 heteroatoms. The van der Waals surface area contributed by atoms with Crippen molar-refractivity contribution in [3.8, 4) is 0 Å². The topological polar surface area (TPSA) is 90.9 Å². The minimum Gasteiger partial charge on any atom is -0.341 e. The number of sulfonamides is 1. The van der Waals surface area contributed by atoms with Crippen LogP contribution >= 0.6 is 0 Å². The van der Waals surface area contributed by atoms with Gasteiger partial charge in [-0.3, -0.25) is 9.97 Å². The molecule has 0 amide bonds. The Balaban J connectivity index is 1.82. The number of aromatic nitrogens is 3. The van der Waals surface area contributed by atoms with Crippen molar-refractivity contribution in [2.24, 2.45) is 5.14 Å². The maximum atomic E-state index is 11.4. The van der Waals surface area contributed by atoms with E-state index in [4.69, 9.17) is 5.14 Å². The van der Waals surface area contributed by atoms with Gasteiger partial charge in [-0.05, 0) is 55.3 Å². The van der Waals surface area contributed by atoms with Crippen molar-refractivity contribution in [2.75, 3.05) is 0 Å². The Labute approximate surface area is 151 Å². The highest BCUT2D eigenvalue weighted by Gasteiger charge is 2.11. The number of nitrogens with zero attached hydrogens (tertiary/aromatic N) is 3. The van der Waals surface area contributed by atoms with Gasteiger partial charge < -0.3 is 4.57 Å². The largest absolute Gasteiger partial charge is 0.341 e. The highest BCUT2D eigenvalue weighted by atomic mass is 32.2. The Morgan fingerprint density at radius 3 is 2.50 bits per heavy atom. The highest BCUT2D eigenvalue weighted by Crippen LogP contribution is 2.27. The molecule has 0 aliphatic carbocycles. The van der Waals surface area contributed by atoms with Gasteiger partial charge in [0.25, 0.3) is 0 Å². The van der Waals surface area contributed by atoms with Crippen molar-refractivity contribution in [3.05, 3.63) is 65.7 Å². The summed E-state index contributed by atoms with van der Waals surface area (Å²) < 4.78 is 24.8. The molecule has 132 valence electrons. The fourth-order valence-corrected chi connectivity index (χ4v) is 3.58. The van der Waals surface area contributed by atoms with E-state index in [1.54, 1.807) is 6.07 Å². The third-order valence-corrected chi connectivity index (χ3v) is 5.56. The minimum absolute atomic E-state index is 0.0133. The number of primary sulfonamides is 1. The van der Waals surface area contributed by atoms with Gasteiger partial charge in [-0.25, -0.2) is 13.6 Å². The SMILES string of the molecule is Cc1cc2ncc3ccn(Cc4ccc(S(N)(=O)=O)cn4)c3c2cc1C. The van der Waals surface area contributed by atoms with Crippen molar-refractivity contribution in [1.82, 2.24) is 14.5 Å². The molecule has 0 aliphatic heterocycles. The van der Waals surface area contributed by atoms with E-state index in [2.05, 4.69) is 40.5 Å². The standard InChI is InChI=1S/C19H18N4O2S/c1-12-7-17-18(8-13(12)2)22-9-14-5-6-23(19(14)17)11-15-3-4-16(10-21-15)26(20,24)25/h3-10H,11H2,1-2H3,(H2,20,24,25). The molecule has 0 saturated carbocycles. The van der Waals surface area contributed by atoms with E-state index in [0.29, 0.717) is 6.54 Å². The van der Waals surface area contributed by atoms with Crippen molar-refractivity contribution < 1.29 is 8.42 Å². The van der Waals surface area contributed by atoms with Crippen LogP contribution in [0.4, 0.5) is 0 Å². The van der Waals surface area contributed by atoms with Crippen LogP contribution in [0.1, 0.15) is 16.8 Å². The summed E-state index contributed by atoms with van der Waals surface area (Å²) >= 11 is 0. The number of rotatable bonds is 3. The van der Waals surface area contributed by atoms with E-state index in [0.717, 1.165) is 27.5 Å².